The largest absolute Gasteiger partial charge is 0.480 e. The van der Waals surface area contributed by atoms with Crippen molar-refractivity contribution >= 4 is 29.7 Å². The van der Waals surface area contributed by atoms with Gasteiger partial charge in [0.1, 0.15) is 12.6 Å². The van der Waals surface area contributed by atoms with E-state index in [0.717, 1.165) is 28.7 Å². The molecule has 2 N–H and O–H groups in total. The number of hydrogen-bond acceptors (Lipinski definition) is 5. The van der Waals surface area contributed by atoms with E-state index in [1.807, 2.05) is 31.2 Å². The van der Waals surface area contributed by atoms with Crippen molar-refractivity contribution in [2.24, 2.45) is 0 Å². The zero-order valence-electron chi connectivity index (χ0n) is 19.2. The van der Waals surface area contributed by atoms with Crippen molar-refractivity contribution in [2.45, 2.75) is 44.2 Å². The van der Waals surface area contributed by atoms with E-state index >= 15 is 0 Å². The summed E-state index contributed by atoms with van der Waals surface area (Å²) in [7, 11) is 0. The van der Waals surface area contributed by atoms with Crippen molar-refractivity contribution in [3.05, 3.63) is 59.7 Å². The molecule has 1 aliphatic heterocycles. The Kier molecular flexibility index (Phi) is 7.77. The van der Waals surface area contributed by atoms with Crippen molar-refractivity contribution in [3.8, 4) is 11.1 Å². The molecule has 1 aliphatic carbocycles. The number of thioether (sulfide) groups is 1. The van der Waals surface area contributed by atoms with E-state index in [0.29, 0.717) is 24.5 Å². The molecular weight excluding hydrogens is 452 g/mol. The van der Waals surface area contributed by atoms with E-state index < -0.39 is 24.1 Å². The average molecular weight is 483 g/mol. The van der Waals surface area contributed by atoms with E-state index in [4.69, 9.17) is 4.74 Å². The van der Waals surface area contributed by atoms with Crippen LogP contribution in [0.2, 0.25) is 0 Å². The SMILES string of the molecule is CCC[C@H](CC(=O)N1CCSCC1C(=O)O)NC(=O)OCC1c2ccccc2-c2ccccc21. The maximum absolute atomic E-state index is 12.9. The molecule has 2 aliphatic rings. The fraction of sp³-hybridized carbons (Fsp3) is 0.423. The summed E-state index contributed by atoms with van der Waals surface area (Å²) in [5.41, 5.74) is 4.60. The maximum Gasteiger partial charge on any atom is 0.407 e. The van der Waals surface area contributed by atoms with E-state index in [1.54, 1.807) is 0 Å². The van der Waals surface area contributed by atoms with Crippen molar-refractivity contribution < 1.29 is 24.2 Å². The number of carbonyl (C=O) groups excluding carboxylic acids is 2. The number of alkyl carbamates (subject to hydrolysis) is 1. The fourth-order valence-corrected chi connectivity index (χ4v) is 5.85. The third-order valence-electron chi connectivity index (χ3n) is 6.46. The standard InChI is InChI=1S/C26H30N2O5S/c1-2-7-17(14-24(29)28-12-13-34-16-23(28)25(30)31)27-26(32)33-15-22-20-10-5-3-8-18(20)19-9-4-6-11-21(19)22/h3-6,8-11,17,22-23H,2,7,12-16H2,1H3,(H,27,32)(H,30,31)/t17-,23?/m1/s1. The van der Waals surface area contributed by atoms with Gasteiger partial charge in [-0.2, -0.15) is 11.8 Å². The smallest absolute Gasteiger partial charge is 0.407 e. The van der Waals surface area contributed by atoms with Gasteiger partial charge in [-0.3, -0.25) is 4.79 Å². The van der Waals surface area contributed by atoms with Crippen LogP contribution in [0.3, 0.4) is 0 Å². The summed E-state index contributed by atoms with van der Waals surface area (Å²) in [6.07, 6.45) is 0.889. The summed E-state index contributed by atoms with van der Waals surface area (Å²) in [6.45, 7) is 2.59. The van der Waals surface area contributed by atoms with E-state index in [-0.39, 0.29) is 24.9 Å². The average Bonchev–Trinajstić information content (AvgIpc) is 3.16. The van der Waals surface area contributed by atoms with Gasteiger partial charge < -0.3 is 20.1 Å². The second-order valence-electron chi connectivity index (χ2n) is 8.68. The highest BCUT2D eigenvalue weighted by Crippen LogP contribution is 2.44. The van der Waals surface area contributed by atoms with Crippen molar-refractivity contribution in [3.63, 3.8) is 0 Å². The molecule has 34 heavy (non-hydrogen) atoms. The summed E-state index contributed by atoms with van der Waals surface area (Å²) in [4.78, 5) is 38.5. The van der Waals surface area contributed by atoms with Crippen LogP contribution < -0.4 is 5.32 Å². The number of carbonyl (C=O) groups is 3. The first-order valence-corrected chi connectivity index (χ1v) is 12.9. The second-order valence-corrected chi connectivity index (χ2v) is 9.83. The molecule has 2 aromatic rings. The Morgan fingerprint density at radius 1 is 1.12 bits per heavy atom. The van der Waals surface area contributed by atoms with Crippen LogP contribution in [0.1, 0.15) is 43.2 Å². The Morgan fingerprint density at radius 2 is 1.76 bits per heavy atom. The number of ether oxygens (including phenoxy) is 1. The first-order valence-electron chi connectivity index (χ1n) is 11.7. The number of amides is 2. The lowest BCUT2D eigenvalue weighted by Crippen LogP contribution is -2.52. The number of benzene rings is 2. The zero-order chi connectivity index (χ0) is 24.1. The Hall–Kier alpha value is -3.00. The van der Waals surface area contributed by atoms with Gasteiger partial charge in [-0.15, -0.1) is 0 Å². The number of carboxylic acid groups (broad SMARTS) is 1. The minimum Gasteiger partial charge on any atom is -0.480 e. The van der Waals surface area contributed by atoms with Gasteiger partial charge in [-0.1, -0.05) is 61.9 Å². The Balaban J connectivity index is 1.37. The van der Waals surface area contributed by atoms with Gasteiger partial charge in [0, 0.05) is 36.4 Å². The number of carboxylic acids is 1. The van der Waals surface area contributed by atoms with Crippen LogP contribution in [-0.4, -0.2) is 64.7 Å². The molecule has 0 aromatic heterocycles. The van der Waals surface area contributed by atoms with Crippen LogP contribution >= 0.6 is 11.8 Å². The van der Waals surface area contributed by atoms with Crippen LogP contribution in [0, 0.1) is 0 Å². The molecule has 1 saturated heterocycles. The highest BCUT2D eigenvalue weighted by molar-refractivity contribution is 7.99. The number of hydrogen-bond donors (Lipinski definition) is 2. The third kappa shape index (κ3) is 5.22. The molecule has 1 unspecified atom stereocenters. The first-order chi connectivity index (χ1) is 16.5. The molecule has 0 spiro atoms. The topological polar surface area (TPSA) is 95.9 Å². The molecule has 8 heteroatoms. The van der Waals surface area contributed by atoms with Crippen LogP contribution in [0.15, 0.2) is 48.5 Å². The van der Waals surface area contributed by atoms with E-state index in [9.17, 15) is 19.5 Å². The lowest BCUT2D eigenvalue weighted by molar-refractivity contribution is -0.149. The van der Waals surface area contributed by atoms with Gasteiger partial charge in [0.15, 0.2) is 0 Å². The monoisotopic (exact) mass is 482 g/mol. The quantitative estimate of drug-likeness (QED) is 0.588. The summed E-state index contributed by atoms with van der Waals surface area (Å²) in [5, 5.41) is 12.3. The Morgan fingerprint density at radius 3 is 2.38 bits per heavy atom. The molecule has 0 bridgehead atoms. The second kappa shape index (κ2) is 11.0. The van der Waals surface area contributed by atoms with Crippen LogP contribution in [0.25, 0.3) is 11.1 Å². The molecule has 0 radical (unpaired) electrons. The molecule has 4 rings (SSSR count). The maximum atomic E-state index is 12.9. The molecule has 2 amide bonds. The van der Waals surface area contributed by atoms with Crippen molar-refractivity contribution in [1.82, 2.24) is 10.2 Å². The minimum atomic E-state index is -0.989. The number of nitrogens with zero attached hydrogens (tertiary/aromatic N) is 1. The molecule has 2 aromatic carbocycles. The van der Waals surface area contributed by atoms with Gasteiger partial charge in [-0.25, -0.2) is 9.59 Å². The summed E-state index contributed by atoms with van der Waals surface area (Å²) in [5.74, 6) is -0.165. The number of aliphatic carboxylic acids is 1. The third-order valence-corrected chi connectivity index (χ3v) is 7.48. The zero-order valence-corrected chi connectivity index (χ0v) is 20.1. The van der Waals surface area contributed by atoms with Gasteiger partial charge in [0.25, 0.3) is 0 Å². The predicted molar refractivity (Wildman–Crippen MR) is 132 cm³/mol. The molecule has 1 fully saturated rings. The lowest BCUT2D eigenvalue weighted by Gasteiger charge is -2.33. The summed E-state index contributed by atoms with van der Waals surface area (Å²) in [6, 6.07) is 15.1. The molecule has 0 saturated carbocycles. The van der Waals surface area contributed by atoms with Gasteiger partial charge in [0.05, 0.1) is 0 Å². The molecule has 2 atom stereocenters. The van der Waals surface area contributed by atoms with Gasteiger partial charge >= 0.3 is 12.1 Å². The molecule has 1 heterocycles. The van der Waals surface area contributed by atoms with Crippen LogP contribution in [0.5, 0.6) is 0 Å². The summed E-state index contributed by atoms with van der Waals surface area (Å²) < 4.78 is 5.63. The predicted octanol–water partition coefficient (Wildman–Crippen LogP) is 4.11. The highest BCUT2D eigenvalue weighted by Gasteiger charge is 2.34. The molecule has 180 valence electrons. The highest BCUT2D eigenvalue weighted by atomic mass is 32.2. The van der Waals surface area contributed by atoms with Gasteiger partial charge in [-0.05, 0) is 28.7 Å². The lowest BCUT2D eigenvalue weighted by atomic mass is 9.98. The minimum absolute atomic E-state index is 0.0356. The van der Waals surface area contributed by atoms with E-state index in [1.165, 1.54) is 16.7 Å². The van der Waals surface area contributed by atoms with E-state index in [2.05, 4.69) is 29.6 Å². The Labute approximate surface area is 203 Å². The van der Waals surface area contributed by atoms with Crippen LogP contribution in [0.4, 0.5) is 4.79 Å². The first kappa shape index (κ1) is 24.1. The fourth-order valence-electron chi connectivity index (χ4n) is 4.82. The van der Waals surface area contributed by atoms with Gasteiger partial charge in [0.2, 0.25) is 5.91 Å². The van der Waals surface area contributed by atoms with Crippen LogP contribution in [-0.2, 0) is 14.3 Å². The number of rotatable bonds is 8. The Bertz CT molecular complexity index is 1010. The number of fused-ring (bicyclic) bond motifs is 3. The molecule has 7 nitrogen and oxygen atoms in total. The molecular formula is C26H30N2O5S. The van der Waals surface area contributed by atoms with Crippen molar-refractivity contribution in [2.75, 3.05) is 24.7 Å². The number of nitrogens with one attached hydrogen (secondary N) is 1. The normalized spacial score (nSPS) is 18.0. The van der Waals surface area contributed by atoms with Crippen molar-refractivity contribution in [1.29, 1.82) is 0 Å². The summed E-state index contributed by atoms with van der Waals surface area (Å²) >= 11 is 1.54.